The number of rotatable bonds is 7. The van der Waals surface area contributed by atoms with Gasteiger partial charge in [0.15, 0.2) is 0 Å². The summed E-state index contributed by atoms with van der Waals surface area (Å²) in [5, 5.41) is 8.79. The van der Waals surface area contributed by atoms with Gasteiger partial charge in [-0.25, -0.2) is 13.1 Å². The van der Waals surface area contributed by atoms with E-state index in [0.29, 0.717) is 19.6 Å². The third kappa shape index (κ3) is 5.07. The predicted molar refractivity (Wildman–Crippen MR) is 80.6 cm³/mol. The van der Waals surface area contributed by atoms with Crippen LogP contribution in [0.25, 0.3) is 0 Å². The summed E-state index contributed by atoms with van der Waals surface area (Å²) in [5.74, 6) is 0.261. The molecule has 21 heavy (non-hydrogen) atoms. The highest BCUT2D eigenvalue weighted by molar-refractivity contribution is 7.89. The quantitative estimate of drug-likeness (QED) is 0.796. The summed E-state index contributed by atoms with van der Waals surface area (Å²) in [7, 11) is -3.45. The second-order valence-corrected chi connectivity index (χ2v) is 7.17. The van der Waals surface area contributed by atoms with Crippen LogP contribution in [0.3, 0.4) is 0 Å². The van der Waals surface area contributed by atoms with Crippen LogP contribution in [0.5, 0.6) is 0 Å². The topological polar surface area (TPSA) is 75.6 Å². The third-order valence-corrected chi connectivity index (χ3v) is 5.11. The standard InChI is InChI=1S/C15H23NO4S/c17-9-1-3-13-5-7-15(8-6-13)21(18,19)16-11-14-4-2-10-20-12-14/h5-8,14,16-17H,1-4,9-12H2. The number of ether oxygens (including phenoxy) is 1. The van der Waals surface area contributed by atoms with Crippen molar-refractivity contribution in [3.05, 3.63) is 29.8 Å². The molecular formula is C15H23NO4S. The predicted octanol–water partition coefficient (Wildman–Crippen LogP) is 1.32. The molecule has 0 saturated carbocycles. The highest BCUT2D eigenvalue weighted by Crippen LogP contribution is 2.15. The minimum Gasteiger partial charge on any atom is -0.396 e. The first-order valence-corrected chi connectivity index (χ1v) is 8.87. The first-order valence-electron chi connectivity index (χ1n) is 7.39. The van der Waals surface area contributed by atoms with Gasteiger partial charge in [0.1, 0.15) is 0 Å². The van der Waals surface area contributed by atoms with Gasteiger partial charge in [-0.2, -0.15) is 0 Å². The van der Waals surface area contributed by atoms with Crippen LogP contribution < -0.4 is 4.72 Å². The molecule has 2 N–H and O–H groups in total. The summed E-state index contributed by atoms with van der Waals surface area (Å²) in [6.07, 6.45) is 3.43. The second-order valence-electron chi connectivity index (χ2n) is 5.41. The first kappa shape index (κ1) is 16.4. The molecule has 1 aliphatic heterocycles. The van der Waals surface area contributed by atoms with Crippen molar-refractivity contribution in [2.75, 3.05) is 26.4 Å². The summed E-state index contributed by atoms with van der Waals surface area (Å²) in [5.41, 5.74) is 1.03. The molecule has 118 valence electrons. The average Bonchev–Trinajstić information content (AvgIpc) is 2.52. The van der Waals surface area contributed by atoms with Gasteiger partial charge in [0.05, 0.1) is 11.5 Å². The van der Waals surface area contributed by atoms with Crippen LogP contribution in [0.4, 0.5) is 0 Å². The van der Waals surface area contributed by atoms with Crippen molar-refractivity contribution < 1.29 is 18.3 Å². The molecule has 6 heteroatoms. The smallest absolute Gasteiger partial charge is 0.240 e. The Morgan fingerprint density at radius 2 is 2.05 bits per heavy atom. The number of aliphatic hydroxyl groups is 1. The maximum absolute atomic E-state index is 12.2. The second kappa shape index (κ2) is 7.89. The number of benzene rings is 1. The van der Waals surface area contributed by atoms with E-state index in [2.05, 4.69) is 4.72 Å². The average molecular weight is 313 g/mol. The van der Waals surface area contributed by atoms with E-state index in [4.69, 9.17) is 9.84 Å². The molecule has 1 unspecified atom stereocenters. The zero-order valence-corrected chi connectivity index (χ0v) is 12.9. The zero-order chi connectivity index (χ0) is 15.1. The Morgan fingerprint density at radius 3 is 2.67 bits per heavy atom. The van der Waals surface area contributed by atoms with Gasteiger partial charge in [0, 0.05) is 19.8 Å². The van der Waals surface area contributed by atoms with Gasteiger partial charge in [-0.15, -0.1) is 0 Å². The van der Waals surface area contributed by atoms with Crippen LogP contribution in [-0.2, 0) is 21.2 Å². The highest BCUT2D eigenvalue weighted by atomic mass is 32.2. The lowest BCUT2D eigenvalue weighted by Crippen LogP contribution is -2.33. The number of aryl methyl sites for hydroxylation is 1. The van der Waals surface area contributed by atoms with E-state index >= 15 is 0 Å². The molecular weight excluding hydrogens is 290 g/mol. The van der Waals surface area contributed by atoms with Gasteiger partial charge in [0.25, 0.3) is 0 Å². The largest absolute Gasteiger partial charge is 0.396 e. The lowest BCUT2D eigenvalue weighted by molar-refractivity contribution is 0.0568. The molecule has 0 spiro atoms. The molecule has 1 aromatic carbocycles. The summed E-state index contributed by atoms with van der Waals surface area (Å²) in [4.78, 5) is 0.284. The monoisotopic (exact) mass is 313 g/mol. The lowest BCUT2D eigenvalue weighted by atomic mass is 10.0. The van der Waals surface area contributed by atoms with Gasteiger partial charge < -0.3 is 9.84 Å². The van der Waals surface area contributed by atoms with Gasteiger partial charge in [-0.1, -0.05) is 12.1 Å². The summed E-state index contributed by atoms with van der Waals surface area (Å²) >= 11 is 0. The van der Waals surface area contributed by atoms with E-state index in [0.717, 1.165) is 31.4 Å². The van der Waals surface area contributed by atoms with Crippen molar-refractivity contribution in [3.8, 4) is 0 Å². The van der Waals surface area contributed by atoms with E-state index < -0.39 is 10.0 Å². The van der Waals surface area contributed by atoms with Crippen LogP contribution in [0.1, 0.15) is 24.8 Å². The summed E-state index contributed by atoms with van der Waals surface area (Å²) < 4.78 is 32.4. The van der Waals surface area contributed by atoms with E-state index in [9.17, 15) is 8.42 Å². The Hall–Kier alpha value is -0.950. The van der Waals surface area contributed by atoms with E-state index in [1.54, 1.807) is 24.3 Å². The summed E-state index contributed by atoms with van der Waals surface area (Å²) in [6, 6.07) is 6.83. The maximum Gasteiger partial charge on any atom is 0.240 e. The van der Waals surface area contributed by atoms with Gasteiger partial charge >= 0.3 is 0 Å². The Kier molecular flexibility index (Phi) is 6.17. The molecule has 1 aromatic rings. The number of sulfonamides is 1. The van der Waals surface area contributed by atoms with Crippen LogP contribution in [0.15, 0.2) is 29.2 Å². The molecule has 1 heterocycles. The van der Waals surface area contributed by atoms with Crippen molar-refractivity contribution in [3.63, 3.8) is 0 Å². The molecule has 1 fully saturated rings. The first-order chi connectivity index (χ1) is 10.1. The van der Waals surface area contributed by atoms with E-state index in [1.165, 1.54) is 0 Å². The van der Waals surface area contributed by atoms with Crippen molar-refractivity contribution in [2.24, 2.45) is 5.92 Å². The zero-order valence-electron chi connectivity index (χ0n) is 12.1. The van der Waals surface area contributed by atoms with E-state index in [1.807, 2.05) is 0 Å². The SMILES string of the molecule is O=S(=O)(NCC1CCCOC1)c1ccc(CCCO)cc1. The Labute approximate surface area is 126 Å². The Bertz CT molecular complexity index is 521. The van der Waals surface area contributed by atoms with Crippen molar-refractivity contribution in [1.29, 1.82) is 0 Å². The fraction of sp³-hybridized carbons (Fsp3) is 0.600. The molecule has 1 atom stereocenters. The molecule has 0 aliphatic carbocycles. The Morgan fingerprint density at radius 1 is 1.29 bits per heavy atom. The number of nitrogens with one attached hydrogen (secondary N) is 1. The van der Waals surface area contributed by atoms with Crippen molar-refractivity contribution in [2.45, 2.75) is 30.6 Å². The van der Waals surface area contributed by atoms with Crippen LogP contribution in [0, 0.1) is 5.92 Å². The molecule has 0 bridgehead atoms. The third-order valence-electron chi connectivity index (χ3n) is 3.67. The van der Waals surface area contributed by atoms with Crippen molar-refractivity contribution in [1.82, 2.24) is 4.72 Å². The van der Waals surface area contributed by atoms with Crippen molar-refractivity contribution >= 4 is 10.0 Å². The van der Waals surface area contributed by atoms with E-state index in [-0.39, 0.29) is 17.4 Å². The fourth-order valence-electron chi connectivity index (χ4n) is 2.40. The molecule has 0 aromatic heterocycles. The van der Waals surface area contributed by atoms with Crippen LogP contribution in [-0.4, -0.2) is 39.9 Å². The summed E-state index contributed by atoms with van der Waals surface area (Å²) in [6.45, 7) is 1.97. The van der Waals surface area contributed by atoms with Crippen LogP contribution in [0.2, 0.25) is 0 Å². The number of hydrogen-bond donors (Lipinski definition) is 2. The minimum absolute atomic E-state index is 0.144. The molecule has 0 radical (unpaired) electrons. The molecule has 2 rings (SSSR count). The molecule has 1 saturated heterocycles. The number of aliphatic hydroxyl groups excluding tert-OH is 1. The molecule has 0 amide bonds. The van der Waals surface area contributed by atoms with Gasteiger partial charge in [-0.3, -0.25) is 0 Å². The van der Waals surface area contributed by atoms with Gasteiger partial charge in [0.2, 0.25) is 10.0 Å². The van der Waals surface area contributed by atoms with Gasteiger partial charge in [-0.05, 0) is 49.3 Å². The minimum atomic E-state index is -3.45. The number of hydrogen-bond acceptors (Lipinski definition) is 4. The Balaban J connectivity index is 1.91. The normalized spacial score (nSPS) is 19.6. The van der Waals surface area contributed by atoms with Crippen LogP contribution >= 0.6 is 0 Å². The molecule has 1 aliphatic rings. The highest BCUT2D eigenvalue weighted by Gasteiger charge is 2.19. The lowest BCUT2D eigenvalue weighted by Gasteiger charge is -2.22. The molecule has 5 nitrogen and oxygen atoms in total. The fourth-order valence-corrected chi connectivity index (χ4v) is 3.51. The maximum atomic E-state index is 12.2.